The zero-order valence-electron chi connectivity index (χ0n) is 19.3. The second kappa shape index (κ2) is 8.93. The molecular weight excluding hydrogens is 490 g/mol. The Kier molecular flexibility index (Phi) is 6.07. The van der Waals surface area contributed by atoms with E-state index < -0.39 is 11.9 Å². The number of halogens is 3. The van der Waals surface area contributed by atoms with Crippen molar-refractivity contribution < 1.29 is 9.13 Å². The molecule has 7 nitrogen and oxygen atoms in total. The second-order valence-corrected chi connectivity index (χ2v) is 10.1. The van der Waals surface area contributed by atoms with E-state index in [9.17, 15) is 4.39 Å². The number of hydrogen-bond acceptors (Lipinski definition) is 7. The molecule has 10 heteroatoms. The van der Waals surface area contributed by atoms with Gasteiger partial charge in [-0.1, -0.05) is 23.2 Å². The number of aromatic nitrogens is 2. The van der Waals surface area contributed by atoms with Crippen LogP contribution in [-0.4, -0.2) is 41.9 Å². The molecule has 2 saturated heterocycles. The van der Waals surface area contributed by atoms with Crippen molar-refractivity contribution in [2.24, 2.45) is 5.41 Å². The molecule has 35 heavy (non-hydrogen) atoms. The number of nitrogens with zero attached hydrogens (tertiary/aromatic N) is 3. The third-order valence-electron chi connectivity index (χ3n) is 6.66. The molecule has 0 unspecified atom stereocenters. The van der Waals surface area contributed by atoms with Crippen LogP contribution in [0, 0.1) is 23.6 Å². The number of anilines is 2. The lowest BCUT2D eigenvalue weighted by Crippen LogP contribution is -2.71. The Hall–Kier alpha value is -2.94. The van der Waals surface area contributed by atoms with Crippen molar-refractivity contribution in [1.82, 2.24) is 15.3 Å². The summed E-state index contributed by atoms with van der Waals surface area (Å²) >= 11 is 12.7. The zero-order valence-corrected chi connectivity index (χ0v) is 20.8. The molecule has 0 bridgehead atoms. The Morgan fingerprint density at radius 2 is 1.97 bits per heavy atom. The van der Waals surface area contributed by atoms with Crippen LogP contribution in [0.3, 0.4) is 0 Å². The molecule has 2 fully saturated rings. The highest BCUT2D eigenvalue weighted by Crippen LogP contribution is 2.38. The monoisotopic (exact) mass is 514 g/mol. The van der Waals surface area contributed by atoms with Gasteiger partial charge in [0.15, 0.2) is 11.6 Å². The van der Waals surface area contributed by atoms with E-state index in [0.717, 1.165) is 26.2 Å². The minimum Gasteiger partial charge on any atom is -0.486 e. The van der Waals surface area contributed by atoms with E-state index in [0.29, 0.717) is 49.7 Å². The Balaban J connectivity index is 1.35. The van der Waals surface area contributed by atoms with Gasteiger partial charge >= 0.3 is 0 Å². The third kappa shape index (κ3) is 4.30. The molecular formula is C25H25Cl2FN6O. The number of nitrogens with one attached hydrogen (secondary N) is 2. The Morgan fingerprint density at radius 3 is 2.63 bits per heavy atom. The first-order valence-corrected chi connectivity index (χ1v) is 12.0. The standard InChI is InChI=1S/C25H25Cl2FN6O/c1-13-22(27)21(18(26)8-32-13)14(2)35-16-3-4-20(29)17(6-16)23(30)15-5-19(28)24(33-7-15)34-11-25(12-34)9-31-10-25/h3-8,14,30-31H,9-12,29H2,1-2H3/t14-/m1/s1. The van der Waals surface area contributed by atoms with Gasteiger partial charge in [-0.3, -0.25) is 10.4 Å². The summed E-state index contributed by atoms with van der Waals surface area (Å²) in [6.45, 7) is 7.12. The van der Waals surface area contributed by atoms with Gasteiger partial charge in [0, 0.05) is 66.4 Å². The fraction of sp³-hybridized carbons (Fsp3) is 0.320. The summed E-state index contributed by atoms with van der Waals surface area (Å²) in [4.78, 5) is 10.4. The van der Waals surface area contributed by atoms with Crippen molar-refractivity contribution in [3.8, 4) is 5.75 Å². The molecule has 3 aromatic rings. The molecule has 2 aliphatic rings. The second-order valence-electron chi connectivity index (χ2n) is 9.29. The predicted molar refractivity (Wildman–Crippen MR) is 137 cm³/mol. The molecule has 4 N–H and O–H groups in total. The molecule has 0 saturated carbocycles. The van der Waals surface area contributed by atoms with Crippen LogP contribution in [0.4, 0.5) is 15.9 Å². The van der Waals surface area contributed by atoms with E-state index in [-0.39, 0.29) is 11.1 Å². The van der Waals surface area contributed by atoms with Crippen molar-refractivity contribution in [3.05, 3.63) is 74.9 Å². The maximum absolute atomic E-state index is 14.9. The molecule has 2 aromatic heterocycles. The van der Waals surface area contributed by atoms with E-state index in [1.165, 1.54) is 18.5 Å². The molecule has 0 aliphatic carbocycles. The first-order chi connectivity index (χ1) is 16.7. The summed E-state index contributed by atoms with van der Waals surface area (Å²) < 4.78 is 21.0. The van der Waals surface area contributed by atoms with Crippen LogP contribution in [0.2, 0.25) is 10.0 Å². The van der Waals surface area contributed by atoms with Crippen molar-refractivity contribution in [2.45, 2.75) is 20.0 Å². The van der Waals surface area contributed by atoms with Crippen LogP contribution < -0.4 is 20.7 Å². The van der Waals surface area contributed by atoms with Gasteiger partial charge in [0.2, 0.25) is 0 Å². The summed E-state index contributed by atoms with van der Waals surface area (Å²) in [6.07, 6.45) is 2.57. The SMILES string of the molecule is Cc1ncc(Cl)c([C@@H](C)Oc2ccc(N)c(C(=N)c3cnc(N4CC5(CNC5)C4)c(F)c3)c2)c1Cl. The van der Waals surface area contributed by atoms with Gasteiger partial charge in [0.25, 0.3) is 0 Å². The van der Waals surface area contributed by atoms with Crippen LogP contribution in [0.1, 0.15) is 35.4 Å². The lowest BCUT2D eigenvalue weighted by atomic mass is 9.74. The van der Waals surface area contributed by atoms with Crippen molar-refractivity contribution in [1.29, 1.82) is 5.41 Å². The summed E-state index contributed by atoms with van der Waals surface area (Å²) in [7, 11) is 0. The number of aryl methyl sites for hydroxylation is 1. The van der Waals surface area contributed by atoms with E-state index in [2.05, 4.69) is 15.3 Å². The van der Waals surface area contributed by atoms with Crippen molar-refractivity contribution in [3.63, 3.8) is 0 Å². The van der Waals surface area contributed by atoms with E-state index in [1.807, 2.05) is 11.8 Å². The highest BCUT2D eigenvalue weighted by atomic mass is 35.5. The summed E-state index contributed by atoms with van der Waals surface area (Å²) in [5, 5.41) is 12.8. The van der Waals surface area contributed by atoms with Gasteiger partial charge in [-0.2, -0.15) is 0 Å². The minimum atomic E-state index is -0.480. The molecule has 2 aliphatic heterocycles. The van der Waals surface area contributed by atoms with Crippen LogP contribution in [-0.2, 0) is 0 Å². The normalized spacial score (nSPS) is 17.0. The molecule has 0 amide bonds. The van der Waals surface area contributed by atoms with Crippen LogP contribution in [0.25, 0.3) is 0 Å². The third-order valence-corrected chi connectivity index (χ3v) is 7.44. The fourth-order valence-electron chi connectivity index (χ4n) is 4.61. The van der Waals surface area contributed by atoms with Gasteiger partial charge in [0.05, 0.1) is 21.5 Å². The number of nitrogens with two attached hydrogens (primary N) is 1. The summed E-state index contributed by atoms with van der Waals surface area (Å²) in [5.41, 5.74) is 8.87. The maximum Gasteiger partial charge on any atom is 0.166 e. The van der Waals surface area contributed by atoms with Crippen LogP contribution >= 0.6 is 23.2 Å². The van der Waals surface area contributed by atoms with Crippen molar-refractivity contribution in [2.75, 3.05) is 36.8 Å². The number of nitrogen functional groups attached to an aromatic ring is 1. The van der Waals surface area contributed by atoms with E-state index >= 15 is 0 Å². The quantitative estimate of drug-likeness (QED) is 0.323. The topological polar surface area (TPSA) is 100 Å². The Labute approximate surface area is 212 Å². The smallest absolute Gasteiger partial charge is 0.166 e. The van der Waals surface area contributed by atoms with Crippen LogP contribution in [0.5, 0.6) is 5.75 Å². The minimum absolute atomic E-state index is 0.0534. The highest BCUT2D eigenvalue weighted by molar-refractivity contribution is 6.36. The van der Waals surface area contributed by atoms with Crippen molar-refractivity contribution >= 4 is 40.4 Å². The average molecular weight is 515 g/mol. The van der Waals surface area contributed by atoms with Gasteiger partial charge in [-0.25, -0.2) is 9.37 Å². The van der Waals surface area contributed by atoms with Gasteiger partial charge in [-0.15, -0.1) is 0 Å². The number of benzene rings is 1. The molecule has 1 aromatic carbocycles. The number of hydrogen-bond donors (Lipinski definition) is 3. The maximum atomic E-state index is 14.9. The Bertz CT molecular complexity index is 1320. The lowest BCUT2D eigenvalue weighted by Gasteiger charge is -2.56. The summed E-state index contributed by atoms with van der Waals surface area (Å²) in [5.74, 6) is 0.337. The lowest BCUT2D eigenvalue weighted by molar-refractivity contribution is 0.119. The molecule has 1 spiro atoms. The molecule has 0 radical (unpaired) electrons. The predicted octanol–water partition coefficient (Wildman–Crippen LogP) is 4.78. The Morgan fingerprint density at radius 1 is 1.23 bits per heavy atom. The van der Waals surface area contributed by atoms with Gasteiger partial charge in [-0.05, 0) is 38.1 Å². The van der Waals surface area contributed by atoms with Crippen LogP contribution in [0.15, 0.2) is 36.7 Å². The number of pyridine rings is 2. The summed E-state index contributed by atoms with van der Waals surface area (Å²) in [6, 6.07) is 6.34. The highest BCUT2D eigenvalue weighted by Gasteiger charge is 2.48. The first kappa shape index (κ1) is 23.8. The van der Waals surface area contributed by atoms with E-state index in [1.54, 1.807) is 25.1 Å². The first-order valence-electron chi connectivity index (χ1n) is 11.2. The number of ether oxygens (including phenoxy) is 1. The largest absolute Gasteiger partial charge is 0.486 e. The molecule has 5 rings (SSSR count). The molecule has 1 atom stereocenters. The van der Waals surface area contributed by atoms with Gasteiger partial charge < -0.3 is 20.7 Å². The number of rotatable bonds is 6. The van der Waals surface area contributed by atoms with E-state index in [4.69, 9.17) is 39.1 Å². The zero-order chi connectivity index (χ0) is 24.9. The molecule has 182 valence electrons. The molecule has 4 heterocycles. The average Bonchev–Trinajstić information content (AvgIpc) is 2.76. The van der Waals surface area contributed by atoms with Gasteiger partial charge in [0.1, 0.15) is 11.9 Å². The fourth-order valence-corrected chi connectivity index (χ4v) is 5.26.